The zero-order chi connectivity index (χ0) is 20.7. The van der Waals surface area contributed by atoms with Crippen LogP contribution in [0.3, 0.4) is 0 Å². The number of non-ortho nitro benzene ring substituents is 1. The summed E-state index contributed by atoms with van der Waals surface area (Å²) in [7, 11) is -3.90. The van der Waals surface area contributed by atoms with Crippen LogP contribution >= 0.6 is 0 Å². The van der Waals surface area contributed by atoms with E-state index in [1.807, 2.05) is 37.3 Å². The molecule has 0 fully saturated rings. The lowest BCUT2D eigenvalue weighted by Crippen LogP contribution is -2.31. The van der Waals surface area contributed by atoms with Crippen LogP contribution in [0.4, 0.5) is 11.4 Å². The molecule has 0 heterocycles. The Labute approximate surface area is 165 Å². The summed E-state index contributed by atoms with van der Waals surface area (Å²) in [5.41, 5.74) is 3.69. The van der Waals surface area contributed by atoms with Crippen molar-refractivity contribution >= 4 is 27.6 Å². The van der Waals surface area contributed by atoms with Crippen LogP contribution in [0.5, 0.6) is 0 Å². The summed E-state index contributed by atoms with van der Waals surface area (Å²) >= 11 is 0. The van der Waals surface area contributed by atoms with Crippen LogP contribution in [-0.2, 0) is 10.0 Å². The number of sulfonamides is 1. The average molecular weight is 404 g/mol. The lowest BCUT2D eigenvalue weighted by molar-refractivity contribution is -0.385. The minimum atomic E-state index is -3.90. The maximum atomic E-state index is 12.9. The van der Waals surface area contributed by atoms with E-state index in [0.29, 0.717) is 0 Å². The second-order valence-electron chi connectivity index (χ2n) is 6.12. The third-order valence-corrected chi connectivity index (χ3v) is 6.40. The van der Waals surface area contributed by atoms with Gasteiger partial charge in [-0.15, -0.1) is 0 Å². The fraction of sp³-hybridized carbons (Fsp3) is 0.316. The molecule has 2 rings (SSSR count). The monoisotopic (exact) mass is 404 g/mol. The number of nitrogens with one attached hydrogen (secondary N) is 1. The van der Waals surface area contributed by atoms with Gasteiger partial charge in [0.25, 0.3) is 5.69 Å². The summed E-state index contributed by atoms with van der Waals surface area (Å²) in [6.45, 7) is 5.91. The highest BCUT2D eigenvalue weighted by molar-refractivity contribution is 7.89. The van der Waals surface area contributed by atoms with Crippen LogP contribution < -0.4 is 5.43 Å². The first-order chi connectivity index (χ1) is 13.3. The van der Waals surface area contributed by atoms with Gasteiger partial charge in [-0.3, -0.25) is 15.5 Å². The van der Waals surface area contributed by atoms with Crippen LogP contribution in [0.15, 0.2) is 58.5 Å². The first-order valence-corrected chi connectivity index (χ1v) is 10.4. The molecule has 0 aliphatic rings. The smallest absolute Gasteiger partial charge is 0.270 e. The van der Waals surface area contributed by atoms with Crippen molar-refractivity contribution in [1.29, 1.82) is 0 Å². The molecule has 0 saturated heterocycles. The van der Waals surface area contributed by atoms with Crippen molar-refractivity contribution < 1.29 is 13.3 Å². The molecular formula is C19H24N4O4S. The Kier molecular flexibility index (Phi) is 7.24. The van der Waals surface area contributed by atoms with E-state index in [1.54, 1.807) is 20.1 Å². The van der Waals surface area contributed by atoms with Crippen molar-refractivity contribution in [3.8, 4) is 0 Å². The van der Waals surface area contributed by atoms with E-state index < -0.39 is 14.9 Å². The van der Waals surface area contributed by atoms with Gasteiger partial charge in [0.1, 0.15) is 4.90 Å². The molecule has 1 N–H and O–H groups in total. The third-order valence-electron chi connectivity index (χ3n) is 4.31. The number of anilines is 1. The molecule has 0 radical (unpaired) electrons. The predicted molar refractivity (Wildman–Crippen MR) is 110 cm³/mol. The zero-order valence-corrected chi connectivity index (χ0v) is 16.9. The minimum absolute atomic E-state index is 0.00888. The summed E-state index contributed by atoms with van der Waals surface area (Å²) in [5, 5.41) is 15.3. The molecule has 9 heteroatoms. The molecule has 2 aromatic carbocycles. The SMILES string of the molecule is CCN(CC)S(=O)(=O)c1cc([N+](=O)[O-])ccc1N/N=C\[C@@H](C)c1ccccc1. The second kappa shape index (κ2) is 9.43. The molecule has 0 unspecified atom stereocenters. The molecule has 0 bridgehead atoms. The van der Waals surface area contributed by atoms with Crippen LogP contribution in [0.2, 0.25) is 0 Å². The van der Waals surface area contributed by atoms with Gasteiger partial charge in [-0.05, 0) is 11.6 Å². The number of nitro groups is 1. The van der Waals surface area contributed by atoms with E-state index in [4.69, 9.17) is 0 Å². The van der Waals surface area contributed by atoms with Gasteiger partial charge >= 0.3 is 0 Å². The maximum absolute atomic E-state index is 12.9. The minimum Gasteiger partial charge on any atom is -0.277 e. The number of benzene rings is 2. The van der Waals surface area contributed by atoms with E-state index in [0.717, 1.165) is 11.6 Å². The number of hydrogen-bond donors (Lipinski definition) is 1. The van der Waals surface area contributed by atoms with Crippen molar-refractivity contribution in [2.24, 2.45) is 5.10 Å². The second-order valence-corrected chi connectivity index (χ2v) is 8.02. The van der Waals surface area contributed by atoms with Gasteiger partial charge in [0, 0.05) is 37.4 Å². The molecule has 0 aliphatic carbocycles. The topological polar surface area (TPSA) is 105 Å². The quantitative estimate of drug-likeness (QED) is 0.388. The Morgan fingerprint density at radius 1 is 1.18 bits per heavy atom. The van der Waals surface area contributed by atoms with Crippen molar-refractivity contribution in [3.05, 3.63) is 64.2 Å². The predicted octanol–water partition coefficient (Wildman–Crippen LogP) is 3.83. The lowest BCUT2D eigenvalue weighted by atomic mass is 10.0. The standard InChI is InChI=1S/C19H24N4O4S/c1-4-22(5-2)28(26,27)19-13-17(23(24)25)11-12-18(19)21-20-14-15(3)16-9-7-6-8-10-16/h6-15,21H,4-5H2,1-3H3/b20-14-/t15-/m1/s1. The third kappa shape index (κ3) is 4.93. The summed E-state index contributed by atoms with van der Waals surface area (Å²) < 4.78 is 27.1. The fourth-order valence-corrected chi connectivity index (χ4v) is 4.31. The van der Waals surface area contributed by atoms with Gasteiger partial charge in [-0.25, -0.2) is 8.42 Å². The van der Waals surface area contributed by atoms with Crippen molar-refractivity contribution in [1.82, 2.24) is 4.31 Å². The van der Waals surface area contributed by atoms with Gasteiger partial charge in [0.05, 0.1) is 10.6 Å². The van der Waals surface area contributed by atoms with E-state index in [1.165, 1.54) is 16.4 Å². The van der Waals surface area contributed by atoms with E-state index >= 15 is 0 Å². The lowest BCUT2D eigenvalue weighted by Gasteiger charge is -2.20. The van der Waals surface area contributed by atoms with Crippen LogP contribution in [0.1, 0.15) is 32.3 Å². The van der Waals surface area contributed by atoms with Gasteiger partial charge in [0.2, 0.25) is 10.0 Å². The van der Waals surface area contributed by atoms with Crippen LogP contribution in [-0.4, -0.2) is 37.0 Å². The highest BCUT2D eigenvalue weighted by Gasteiger charge is 2.27. The van der Waals surface area contributed by atoms with Crippen molar-refractivity contribution in [2.45, 2.75) is 31.6 Å². The summed E-state index contributed by atoms with van der Waals surface area (Å²) in [4.78, 5) is 10.3. The van der Waals surface area contributed by atoms with Crippen molar-refractivity contribution in [3.63, 3.8) is 0 Å². The Morgan fingerprint density at radius 3 is 2.39 bits per heavy atom. The summed E-state index contributed by atoms with van der Waals surface area (Å²) in [6.07, 6.45) is 1.66. The Bertz CT molecular complexity index is 942. The van der Waals surface area contributed by atoms with E-state index in [2.05, 4.69) is 10.5 Å². The first-order valence-electron chi connectivity index (χ1n) is 8.94. The highest BCUT2D eigenvalue weighted by atomic mass is 32.2. The molecule has 8 nitrogen and oxygen atoms in total. The fourth-order valence-electron chi connectivity index (χ4n) is 2.69. The largest absolute Gasteiger partial charge is 0.277 e. The normalized spacial score (nSPS) is 13.0. The molecule has 1 atom stereocenters. The van der Waals surface area contributed by atoms with Gasteiger partial charge < -0.3 is 0 Å². The number of nitro benzene ring substituents is 1. The molecule has 0 saturated carbocycles. The molecule has 0 aromatic heterocycles. The Balaban J connectivity index is 2.36. The van der Waals surface area contributed by atoms with E-state index in [9.17, 15) is 18.5 Å². The van der Waals surface area contributed by atoms with Crippen LogP contribution in [0.25, 0.3) is 0 Å². The zero-order valence-electron chi connectivity index (χ0n) is 16.1. The van der Waals surface area contributed by atoms with Crippen molar-refractivity contribution in [2.75, 3.05) is 18.5 Å². The van der Waals surface area contributed by atoms with Gasteiger partial charge in [-0.2, -0.15) is 9.41 Å². The number of nitrogens with zero attached hydrogens (tertiary/aromatic N) is 3. The molecular weight excluding hydrogens is 380 g/mol. The number of hydrazone groups is 1. The van der Waals surface area contributed by atoms with E-state index in [-0.39, 0.29) is 35.3 Å². The van der Waals surface area contributed by atoms with Crippen LogP contribution in [0, 0.1) is 10.1 Å². The summed E-state index contributed by atoms with van der Waals surface area (Å²) in [6, 6.07) is 13.4. The first kappa shape index (κ1) is 21.5. The maximum Gasteiger partial charge on any atom is 0.270 e. The average Bonchev–Trinajstić information content (AvgIpc) is 2.69. The molecule has 150 valence electrons. The molecule has 28 heavy (non-hydrogen) atoms. The summed E-state index contributed by atoms with van der Waals surface area (Å²) in [5.74, 6) is 0.00888. The molecule has 0 amide bonds. The molecule has 2 aromatic rings. The highest BCUT2D eigenvalue weighted by Crippen LogP contribution is 2.29. The molecule has 0 aliphatic heterocycles. The number of rotatable bonds is 9. The molecule has 0 spiro atoms. The Hall–Kier alpha value is -2.78. The van der Waals surface area contributed by atoms with Gasteiger partial charge in [-0.1, -0.05) is 51.1 Å². The number of hydrogen-bond acceptors (Lipinski definition) is 6. The van der Waals surface area contributed by atoms with Gasteiger partial charge in [0.15, 0.2) is 0 Å². The Morgan fingerprint density at radius 2 is 1.82 bits per heavy atom.